The maximum absolute atomic E-state index is 12.2. The molecule has 0 amide bonds. The number of carbonyl (C=O) groups excluding carboxylic acids is 1. The number of hydrogen-bond donors (Lipinski definition) is 1. The summed E-state index contributed by atoms with van der Waals surface area (Å²) in [6, 6.07) is 23.8. The highest BCUT2D eigenvalue weighted by atomic mass is 35.5. The van der Waals surface area contributed by atoms with Crippen molar-refractivity contribution >= 4 is 46.7 Å². The second-order valence-corrected chi connectivity index (χ2v) is 9.06. The van der Waals surface area contributed by atoms with Crippen LogP contribution in [0.5, 0.6) is 0 Å². The van der Waals surface area contributed by atoms with Crippen LogP contribution in [-0.2, 0) is 20.7 Å². The fraction of sp³-hybridized carbons (Fsp3) is 0.154. The first-order chi connectivity index (χ1) is 16.0. The molecule has 3 aromatic rings. The highest BCUT2D eigenvalue weighted by molar-refractivity contribution is 7.99. The van der Waals surface area contributed by atoms with E-state index in [2.05, 4.69) is 17.0 Å². The summed E-state index contributed by atoms with van der Waals surface area (Å²) in [6.07, 6.45) is 2.38. The number of carboxylic acid groups (broad SMARTS) is 1. The van der Waals surface area contributed by atoms with E-state index >= 15 is 0 Å². The van der Waals surface area contributed by atoms with Crippen LogP contribution < -0.4 is 4.90 Å². The Morgan fingerprint density at radius 3 is 2.48 bits per heavy atom. The number of anilines is 2. The molecule has 0 saturated heterocycles. The molecule has 1 N–H and O–H groups in total. The van der Waals surface area contributed by atoms with Gasteiger partial charge in [0.05, 0.1) is 11.4 Å². The van der Waals surface area contributed by atoms with E-state index in [1.165, 1.54) is 0 Å². The molecule has 0 aromatic heterocycles. The first-order valence-corrected chi connectivity index (χ1v) is 11.7. The summed E-state index contributed by atoms with van der Waals surface area (Å²) in [5.41, 5.74) is 3.13. The molecule has 1 aliphatic heterocycles. The van der Waals surface area contributed by atoms with Crippen LogP contribution in [0.3, 0.4) is 0 Å². The summed E-state index contributed by atoms with van der Waals surface area (Å²) < 4.78 is 5.65. The molecule has 0 saturated carbocycles. The van der Waals surface area contributed by atoms with Crippen molar-refractivity contribution in [2.45, 2.75) is 28.7 Å². The molecule has 1 heterocycles. The Hall–Kier alpha value is -3.22. The minimum absolute atomic E-state index is 0.428. The predicted molar refractivity (Wildman–Crippen MR) is 130 cm³/mol. The molecule has 3 aromatic carbocycles. The highest BCUT2D eigenvalue weighted by Crippen LogP contribution is 2.48. The fourth-order valence-corrected chi connectivity index (χ4v) is 4.98. The average Bonchev–Trinajstić information content (AvgIpc) is 2.81. The molecule has 5 nitrogen and oxygen atoms in total. The van der Waals surface area contributed by atoms with Crippen LogP contribution in [0, 0.1) is 0 Å². The van der Waals surface area contributed by atoms with Gasteiger partial charge in [0.1, 0.15) is 6.10 Å². The minimum Gasteiger partial charge on any atom is -0.478 e. The third-order valence-corrected chi connectivity index (χ3v) is 6.58. The molecule has 0 spiro atoms. The van der Waals surface area contributed by atoms with E-state index in [9.17, 15) is 9.59 Å². The lowest BCUT2D eigenvalue weighted by Gasteiger charge is -2.34. The zero-order chi connectivity index (χ0) is 23.2. The van der Waals surface area contributed by atoms with E-state index in [0.717, 1.165) is 38.9 Å². The molecule has 7 heteroatoms. The Morgan fingerprint density at radius 1 is 0.970 bits per heavy atom. The molecule has 33 heavy (non-hydrogen) atoms. The smallest absolute Gasteiger partial charge is 0.331 e. The fourth-order valence-electron chi connectivity index (χ4n) is 3.74. The van der Waals surface area contributed by atoms with Crippen molar-refractivity contribution in [1.82, 2.24) is 0 Å². The van der Waals surface area contributed by atoms with E-state index in [4.69, 9.17) is 21.4 Å². The minimum atomic E-state index is -1.19. The van der Waals surface area contributed by atoms with Gasteiger partial charge in [0.2, 0.25) is 0 Å². The second kappa shape index (κ2) is 10.6. The number of ether oxygens (including phenoxy) is 1. The average molecular weight is 480 g/mol. The summed E-state index contributed by atoms with van der Waals surface area (Å²) in [7, 11) is 0. The summed E-state index contributed by atoms with van der Waals surface area (Å²) in [6.45, 7) is 0.596. The van der Waals surface area contributed by atoms with Crippen LogP contribution in [0.25, 0.3) is 0 Å². The van der Waals surface area contributed by atoms with Crippen molar-refractivity contribution in [2.24, 2.45) is 0 Å². The van der Waals surface area contributed by atoms with Gasteiger partial charge in [0.15, 0.2) is 0 Å². The third kappa shape index (κ3) is 5.97. The van der Waals surface area contributed by atoms with Crippen LogP contribution >= 0.6 is 23.4 Å². The zero-order valence-corrected chi connectivity index (χ0v) is 19.3. The number of esters is 1. The standard InChI is InChI=1S/C26H22ClNO4S/c27-19-10-11-24-22(17-19)28(21-8-4-5-9-23(21)33-24)15-14-20(16-18-6-2-1-3-7-18)32-26(31)13-12-25(29)30/h1-13,17,20H,14-16H2,(H,29,30)/b13-12+. The molecule has 0 aliphatic carbocycles. The number of para-hydroxylation sites is 1. The second-order valence-electron chi connectivity index (χ2n) is 7.54. The van der Waals surface area contributed by atoms with E-state index in [1.807, 2.05) is 60.7 Å². The van der Waals surface area contributed by atoms with Gasteiger partial charge in [0, 0.05) is 46.4 Å². The first-order valence-electron chi connectivity index (χ1n) is 10.5. The first kappa shape index (κ1) is 23.0. The molecule has 168 valence electrons. The van der Waals surface area contributed by atoms with Crippen molar-refractivity contribution in [1.29, 1.82) is 0 Å². The molecule has 1 aliphatic rings. The lowest BCUT2D eigenvalue weighted by Crippen LogP contribution is -2.28. The number of carbonyl (C=O) groups is 2. The number of hydrogen-bond acceptors (Lipinski definition) is 5. The zero-order valence-electron chi connectivity index (χ0n) is 17.7. The predicted octanol–water partition coefficient (Wildman–Crippen LogP) is 6.13. The van der Waals surface area contributed by atoms with Gasteiger partial charge in [-0.1, -0.05) is 65.8 Å². The molecular weight excluding hydrogens is 458 g/mol. The lowest BCUT2D eigenvalue weighted by atomic mass is 10.0. The Kier molecular flexibility index (Phi) is 7.37. The molecule has 0 fully saturated rings. The number of rotatable bonds is 8. The van der Waals surface area contributed by atoms with Crippen LogP contribution in [0.15, 0.2) is 94.7 Å². The molecule has 0 radical (unpaired) electrons. The third-order valence-electron chi connectivity index (χ3n) is 5.21. The van der Waals surface area contributed by atoms with Crippen molar-refractivity contribution in [3.63, 3.8) is 0 Å². The Morgan fingerprint density at radius 2 is 1.70 bits per heavy atom. The summed E-state index contributed by atoms with van der Waals surface area (Å²) in [5.74, 6) is -1.86. The normalized spacial score (nSPS) is 13.3. The number of carboxylic acids is 1. The van der Waals surface area contributed by atoms with Gasteiger partial charge < -0.3 is 14.7 Å². The van der Waals surface area contributed by atoms with E-state index in [-0.39, 0.29) is 0 Å². The highest BCUT2D eigenvalue weighted by Gasteiger charge is 2.25. The summed E-state index contributed by atoms with van der Waals surface area (Å²) in [4.78, 5) is 27.5. The van der Waals surface area contributed by atoms with Gasteiger partial charge >= 0.3 is 11.9 Å². The van der Waals surface area contributed by atoms with Gasteiger partial charge in [0.25, 0.3) is 0 Å². The summed E-state index contributed by atoms with van der Waals surface area (Å²) in [5, 5.41) is 9.46. The number of halogens is 1. The maximum atomic E-state index is 12.2. The number of aliphatic carboxylic acids is 1. The molecule has 0 bridgehead atoms. The van der Waals surface area contributed by atoms with Crippen LogP contribution in [0.4, 0.5) is 11.4 Å². The van der Waals surface area contributed by atoms with Gasteiger partial charge in [-0.05, 0) is 35.9 Å². The van der Waals surface area contributed by atoms with Gasteiger partial charge in [-0.3, -0.25) is 0 Å². The van der Waals surface area contributed by atoms with E-state index < -0.39 is 18.0 Å². The largest absolute Gasteiger partial charge is 0.478 e. The van der Waals surface area contributed by atoms with Gasteiger partial charge in [-0.25, -0.2) is 9.59 Å². The van der Waals surface area contributed by atoms with Crippen molar-refractivity contribution in [3.05, 3.63) is 95.5 Å². The quantitative estimate of drug-likeness (QED) is 0.310. The van der Waals surface area contributed by atoms with Crippen LogP contribution in [-0.4, -0.2) is 29.7 Å². The maximum Gasteiger partial charge on any atom is 0.331 e. The monoisotopic (exact) mass is 479 g/mol. The van der Waals surface area contributed by atoms with E-state index in [1.54, 1.807) is 11.8 Å². The molecule has 1 unspecified atom stereocenters. The van der Waals surface area contributed by atoms with Gasteiger partial charge in [-0.15, -0.1) is 0 Å². The molecule has 4 rings (SSSR count). The van der Waals surface area contributed by atoms with Crippen LogP contribution in [0.2, 0.25) is 5.02 Å². The number of benzene rings is 3. The van der Waals surface area contributed by atoms with Gasteiger partial charge in [-0.2, -0.15) is 0 Å². The van der Waals surface area contributed by atoms with Crippen molar-refractivity contribution in [2.75, 3.05) is 11.4 Å². The van der Waals surface area contributed by atoms with Crippen molar-refractivity contribution in [3.8, 4) is 0 Å². The Labute approximate surface area is 201 Å². The Bertz CT molecular complexity index is 1180. The number of nitrogens with zero attached hydrogens (tertiary/aromatic N) is 1. The topological polar surface area (TPSA) is 66.8 Å². The van der Waals surface area contributed by atoms with Crippen LogP contribution in [0.1, 0.15) is 12.0 Å². The lowest BCUT2D eigenvalue weighted by molar-refractivity contribution is -0.143. The molecule has 1 atom stereocenters. The molecular formula is C26H22ClNO4S. The SMILES string of the molecule is O=C(O)/C=C/C(=O)OC(CCN1c2ccccc2Sc2ccc(Cl)cc21)Cc1ccccc1. The van der Waals surface area contributed by atoms with E-state index in [0.29, 0.717) is 24.4 Å². The number of fused-ring (bicyclic) bond motifs is 2. The summed E-state index contributed by atoms with van der Waals surface area (Å²) >= 11 is 8.01. The van der Waals surface area contributed by atoms with Crippen molar-refractivity contribution < 1.29 is 19.4 Å². The Balaban J connectivity index is 1.57.